The summed E-state index contributed by atoms with van der Waals surface area (Å²) in [4.78, 5) is 25.3. The molecule has 0 saturated carbocycles. The Labute approximate surface area is 123 Å². The number of amides is 3. The molecule has 21 heavy (non-hydrogen) atoms. The molecule has 2 heterocycles. The third-order valence-corrected chi connectivity index (χ3v) is 3.81. The maximum Gasteiger partial charge on any atom is 0.321 e. The first kappa shape index (κ1) is 13.9. The largest absolute Gasteiger partial charge is 0.376 e. The summed E-state index contributed by atoms with van der Waals surface area (Å²) >= 11 is 0. The molecule has 0 bridgehead atoms. The highest BCUT2D eigenvalue weighted by Gasteiger charge is 2.21. The summed E-state index contributed by atoms with van der Waals surface area (Å²) in [7, 11) is 0. The lowest BCUT2D eigenvalue weighted by atomic mass is 10.1. The van der Waals surface area contributed by atoms with Crippen LogP contribution in [0.25, 0.3) is 0 Å². The van der Waals surface area contributed by atoms with Gasteiger partial charge in [0.1, 0.15) is 0 Å². The summed E-state index contributed by atoms with van der Waals surface area (Å²) in [6, 6.07) is 6.99. The average molecular weight is 289 g/mol. The molecule has 1 unspecified atom stereocenters. The molecule has 2 aliphatic rings. The van der Waals surface area contributed by atoms with E-state index in [0.717, 1.165) is 25.1 Å². The predicted molar refractivity (Wildman–Crippen MR) is 78.5 cm³/mol. The first-order valence-corrected chi connectivity index (χ1v) is 7.29. The van der Waals surface area contributed by atoms with Crippen molar-refractivity contribution in [1.82, 2.24) is 10.6 Å². The topological polar surface area (TPSA) is 70.7 Å². The summed E-state index contributed by atoms with van der Waals surface area (Å²) in [6.07, 6.45) is 2.21. The number of benzene rings is 1. The van der Waals surface area contributed by atoms with E-state index in [1.807, 2.05) is 0 Å². The van der Waals surface area contributed by atoms with Crippen LogP contribution in [-0.2, 0) is 4.74 Å². The summed E-state index contributed by atoms with van der Waals surface area (Å²) in [5.74, 6) is -0.108. The Hall–Kier alpha value is -2.08. The molecule has 2 aliphatic heterocycles. The molecule has 2 N–H and O–H groups in total. The van der Waals surface area contributed by atoms with Crippen LogP contribution in [0.2, 0.25) is 0 Å². The van der Waals surface area contributed by atoms with E-state index in [9.17, 15) is 9.59 Å². The minimum atomic E-state index is -0.108. The Morgan fingerprint density at radius 3 is 2.81 bits per heavy atom. The molecule has 1 aromatic carbocycles. The molecule has 0 aliphatic carbocycles. The van der Waals surface area contributed by atoms with Crippen LogP contribution in [0.5, 0.6) is 0 Å². The molecular weight excluding hydrogens is 270 g/mol. The highest BCUT2D eigenvalue weighted by molar-refractivity contribution is 5.97. The Kier molecular flexibility index (Phi) is 4.06. The Morgan fingerprint density at radius 2 is 2.19 bits per heavy atom. The maximum absolute atomic E-state index is 12.0. The number of urea groups is 1. The van der Waals surface area contributed by atoms with Crippen molar-refractivity contribution in [3.8, 4) is 0 Å². The van der Waals surface area contributed by atoms with Crippen molar-refractivity contribution in [2.24, 2.45) is 0 Å². The highest BCUT2D eigenvalue weighted by Crippen LogP contribution is 2.17. The van der Waals surface area contributed by atoms with Gasteiger partial charge in [-0.25, -0.2) is 4.79 Å². The van der Waals surface area contributed by atoms with Gasteiger partial charge in [-0.1, -0.05) is 0 Å². The molecule has 0 spiro atoms. The summed E-state index contributed by atoms with van der Waals surface area (Å²) in [5, 5.41) is 5.63. The second-order valence-electron chi connectivity index (χ2n) is 5.28. The van der Waals surface area contributed by atoms with E-state index in [1.54, 1.807) is 29.2 Å². The lowest BCUT2D eigenvalue weighted by Crippen LogP contribution is -2.32. The van der Waals surface area contributed by atoms with Crippen molar-refractivity contribution >= 4 is 17.6 Å². The fourth-order valence-corrected chi connectivity index (χ4v) is 2.62. The van der Waals surface area contributed by atoms with Gasteiger partial charge in [-0.05, 0) is 37.1 Å². The number of nitrogens with zero attached hydrogens (tertiary/aromatic N) is 1. The number of anilines is 1. The van der Waals surface area contributed by atoms with Gasteiger partial charge in [-0.3, -0.25) is 9.69 Å². The molecule has 0 aromatic heterocycles. The van der Waals surface area contributed by atoms with Gasteiger partial charge in [0.2, 0.25) is 0 Å². The highest BCUT2D eigenvalue weighted by atomic mass is 16.5. The average Bonchev–Trinajstić information content (AvgIpc) is 3.16. The quantitative estimate of drug-likeness (QED) is 0.872. The van der Waals surface area contributed by atoms with E-state index < -0.39 is 0 Å². The maximum atomic E-state index is 12.0. The summed E-state index contributed by atoms with van der Waals surface area (Å²) in [5.41, 5.74) is 1.40. The second kappa shape index (κ2) is 6.13. The first-order valence-electron chi connectivity index (χ1n) is 7.29. The third kappa shape index (κ3) is 3.16. The zero-order valence-corrected chi connectivity index (χ0v) is 11.8. The van der Waals surface area contributed by atoms with E-state index in [2.05, 4.69) is 10.6 Å². The monoisotopic (exact) mass is 289 g/mol. The number of hydrogen-bond acceptors (Lipinski definition) is 3. The van der Waals surface area contributed by atoms with Crippen molar-refractivity contribution < 1.29 is 14.3 Å². The van der Waals surface area contributed by atoms with Crippen LogP contribution in [0.3, 0.4) is 0 Å². The van der Waals surface area contributed by atoms with Crippen LogP contribution < -0.4 is 15.5 Å². The van der Waals surface area contributed by atoms with Gasteiger partial charge in [0, 0.05) is 37.5 Å². The van der Waals surface area contributed by atoms with Crippen LogP contribution in [0, 0.1) is 0 Å². The first-order chi connectivity index (χ1) is 10.2. The van der Waals surface area contributed by atoms with Gasteiger partial charge >= 0.3 is 6.03 Å². The van der Waals surface area contributed by atoms with Crippen molar-refractivity contribution in [3.63, 3.8) is 0 Å². The Balaban J connectivity index is 1.58. The molecule has 1 aromatic rings. The zero-order chi connectivity index (χ0) is 14.7. The fraction of sp³-hybridized carbons (Fsp3) is 0.467. The molecule has 6 heteroatoms. The lowest BCUT2D eigenvalue weighted by Gasteiger charge is -2.15. The number of carbonyl (C=O) groups is 2. The van der Waals surface area contributed by atoms with Gasteiger partial charge in [0.05, 0.1) is 6.10 Å². The molecule has 112 valence electrons. The number of nitrogens with one attached hydrogen (secondary N) is 2. The normalized spacial score (nSPS) is 21.4. The molecule has 0 radical (unpaired) electrons. The van der Waals surface area contributed by atoms with Gasteiger partial charge < -0.3 is 15.4 Å². The minimum Gasteiger partial charge on any atom is -0.376 e. The predicted octanol–water partition coefficient (Wildman–Crippen LogP) is 1.12. The SMILES string of the molecule is O=C(NCC1CCCO1)c1ccc(N2CCNC2=O)cc1. The standard InChI is InChI=1S/C15H19N3O3/c19-14(17-10-13-2-1-9-21-13)11-3-5-12(6-4-11)18-8-7-16-15(18)20/h3-6,13H,1-2,7-10H2,(H,16,20)(H,17,19). The number of ether oxygens (including phenoxy) is 1. The van der Waals surface area contributed by atoms with Crippen molar-refractivity contribution in [1.29, 1.82) is 0 Å². The zero-order valence-electron chi connectivity index (χ0n) is 11.8. The van der Waals surface area contributed by atoms with Crippen LogP contribution in [0.1, 0.15) is 23.2 Å². The summed E-state index contributed by atoms with van der Waals surface area (Å²) in [6.45, 7) is 2.65. The fourth-order valence-electron chi connectivity index (χ4n) is 2.62. The van der Waals surface area contributed by atoms with Crippen molar-refractivity contribution in [3.05, 3.63) is 29.8 Å². The molecule has 6 nitrogen and oxygen atoms in total. The molecule has 2 saturated heterocycles. The van der Waals surface area contributed by atoms with Crippen LogP contribution >= 0.6 is 0 Å². The van der Waals surface area contributed by atoms with Gasteiger partial charge in [-0.2, -0.15) is 0 Å². The van der Waals surface area contributed by atoms with Crippen molar-refractivity contribution in [2.75, 3.05) is 31.1 Å². The third-order valence-electron chi connectivity index (χ3n) is 3.81. The molecule has 2 fully saturated rings. The number of carbonyl (C=O) groups excluding carboxylic acids is 2. The molecule has 1 atom stereocenters. The van der Waals surface area contributed by atoms with E-state index in [-0.39, 0.29) is 18.0 Å². The van der Waals surface area contributed by atoms with E-state index in [1.165, 1.54) is 0 Å². The number of hydrogen-bond donors (Lipinski definition) is 2. The van der Waals surface area contributed by atoms with Gasteiger partial charge in [0.15, 0.2) is 0 Å². The second-order valence-corrected chi connectivity index (χ2v) is 5.28. The minimum absolute atomic E-state index is 0.0921. The van der Waals surface area contributed by atoms with Crippen LogP contribution in [-0.4, -0.2) is 44.3 Å². The van der Waals surface area contributed by atoms with Gasteiger partial charge in [-0.15, -0.1) is 0 Å². The van der Waals surface area contributed by atoms with E-state index in [4.69, 9.17) is 4.74 Å². The van der Waals surface area contributed by atoms with Crippen LogP contribution in [0.15, 0.2) is 24.3 Å². The molecule has 3 rings (SSSR count). The number of rotatable bonds is 4. The van der Waals surface area contributed by atoms with E-state index in [0.29, 0.717) is 25.2 Å². The van der Waals surface area contributed by atoms with Gasteiger partial charge in [0.25, 0.3) is 5.91 Å². The Morgan fingerprint density at radius 1 is 1.38 bits per heavy atom. The Bertz CT molecular complexity index is 523. The molecular formula is C15H19N3O3. The smallest absolute Gasteiger partial charge is 0.321 e. The van der Waals surface area contributed by atoms with Crippen LogP contribution in [0.4, 0.5) is 10.5 Å². The van der Waals surface area contributed by atoms with Crippen molar-refractivity contribution in [2.45, 2.75) is 18.9 Å². The summed E-state index contributed by atoms with van der Waals surface area (Å²) < 4.78 is 5.47. The van der Waals surface area contributed by atoms with E-state index >= 15 is 0 Å². The lowest BCUT2D eigenvalue weighted by molar-refractivity contribution is 0.0858. The molecule has 3 amide bonds.